The second kappa shape index (κ2) is 10.1. The number of anilines is 1. The van der Waals surface area contributed by atoms with Crippen LogP contribution in [0.15, 0.2) is 60.0 Å². The monoisotopic (exact) mass is 580 g/mol. The van der Waals surface area contributed by atoms with Crippen LogP contribution in [0.25, 0.3) is 21.6 Å². The molecule has 4 aromatic rings. The summed E-state index contributed by atoms with van der Waals surface area (Å²) < 4.78 is 6.10. The summed E-state index contributed by atoms with van der Waals surface area (Å²) in [6, 6.07) is 15.8. The molecule has 2 aromatic heterocycles. The van der Waals surface area contributed by atoms with Crippen molar-refractivity contribution in [3.63, 3.8) is 0 Å². The van der Waals surface area contributed by atoms with Crippen LogP contribution in [0.4, 0.5) is 5.69 Å². The Hall–Kier alpha value is -4.54. The van der Waals surface area contributed by atoms with E-state index in [9.17, 15) is 19.5 Å². The van der Waals surface area contributed by atoms with Crippen molar-refractivity contribution in [2.75, 3.05) is 11.9 Å². The van der Waals surface area contributed by atoms with E-state index in [-0.39, 0.29) is 28.1 Å². The van der Waals surface area contributed by atoms with Crippen LogP contribution in [0.5, 0.6) is 5.75 Å². The number of pyridine rings is 1. The average molecular weight is 581 g/mol. The molecule has 212 valence electrons. The number of carboxylic acid groups (broad SMARTS) is 1. The van der Waals surface area contributed by atoms with E-state index in [2.05, 4.69) is 15.6 Å². The fourth-order valence-electron chi connectivity index (χ4n) is 6.15. The molecule has 0 saturated heterocycles. The first kappa shape index (κ1) is 26.4. The molecule has 0 atom stereocenters. The molecule has 2 bridgehead atoms. The summed E-state index contributed by atoms with van der Waals surface area (Å²) in [6.45, 7) is 0.827. The van der Waals surface area contributed by atoms with Gasteiger partial charge in [-0.3, -0.25) is 9.59 Å². The quantitative estimate of drug-likeness (QED) is 0.238. The predicted molar refractivity (Wildman–Crippen MR) is 159 cm³/mol. The molecule has 8 rings (SSSR count). The van der Waals surface area contributed by atoms with E-state index >= 15 is 0 Å². The van der Waals surface area contributed by atoms with Gasteiger partial charge in [0.2, 0.25) is 0 Å². The van der Waals surface area contributed by atoms with Gasteiger partial charge in [-0.15, -0.1) is 11.3 Å². The highest BCUT2D eigenvalue weighted by atomic mass is 32.1. The zero-order chi connectivity index (χ0) is 29.0. The van der Waals surface area contributed by atoms with Crippen LogP contribution in [0.2, 0.25) is 0 Å². The number of carbonyl (C=O) groups excluding carboxylic acids is 2. The fraction of sp³-hybridized carbons (Fsp3) is 0.250. The first-order chi connectivity index (χ1) is 20.3. The summed E-state index contributed by atoms with van der Waals surface area (Å²) in [5.74, 6) is -0.879. The van der Waals surface area contributed by atoms with Gasteiger partial charge in [-0.25, -0.2) is 9.78 Å². The summed E-state index contributed by atoms with van der Waals surface area (Å²) in [6.07, 6.45) is 3.58. The molecule has 9 nitrogen and oxygen atoms in total. The summed E-state index contributed by atoms with van der Waals surface area (Å²) in [4.78, 5) is 44.6. The molecule has 3 heterocycles. The Morgan fingerprint density at radius 2 is 1.79 bits per heavy atom. The van der Waals surface area contributed by atoms with Crippen molar-refractivity contribution in [3.8, 4) is 27.3 Å². The molecule has 10 heteroatoms. The maximum absolute atomic E-state index is 13.8. The number of ether oxygens (including phenoxy) is 1. The smallest absolute Gasteiger partial charge is 0.355 e. The molecule has 0 unspecified atom stereocenters. The van der Waals surface area contributed by atoms with Crippen molar-refractivity contribution in [2.24, 2.45) is 11.7 Å². The zero-order valence-electron chi connectivity index (χ0n) is 22.6. The maximum atomic E-state index is 13.8. The van der Waals surface area contributed by atoms with Gasteiger partial charge in [0, 0.05) is 51.3 Å². The highest BCUT2D eigenvalue weighted by Gasteiger charge is 2.57. The first-order valence-corrected chi connectivity index (χ1v) is 14.8. The van der Waals surface area contributed by atoms with Crippen LogP contribution in [0, 0.1) is 5.92 Å². The maximum Gasteiger partial charge on any atom is 0.355 e. The van der Waals surface area contributed by atoms with Gasteiger partial charge < -0.3 is 26.2 Å². The highest BCUT2D eigenvalue weighted by molar-refractivity contribution is 7.13. The summed E-state index contributed by atoms with van der Waals surface area (Å²) in [5.41, 5.74) is 9.48. The van der Waals surface area contributed by atoms with Crippen LogP contribution in [-0.2, 0) is 13.0 Å². The van der Waals surface area contributed by atoms with Crippen molar-refractivity contribution in [1.29, 1.82) is 0 Å². The standard InChI is InChI=1S/C32H28N4O5S/c33-16-17-1-3-20(4-2-17)34-29(37)23-11-24-26(41-9-7-19-8-10-42-28(19)24)12-22(23)21-5-6-25(35-27(21)31(39)40)30(38)36-32-13-18(14-32)15-32/h1-6,8,10-12,18H,7,9,13-16,33H2,(H,34,37)(H,36,38)(H,39,40). The molecule has 3 saturated carbocycles. The molecule has 2 aromatic carbocycles. The molecule has 2 amide bonds. The Labute approximate surface area is 245 Å². The average Bonchev–Trinajstić information content (AvgIpc) is 3.35. The third kappa shape index (κ3) is 4.53. The number of nitrogens with two attached hydrogens (primary N) is 1. The minimum Gasteiger partial charge on any atom is -0.493 e. The minimum absolute atomic E-state index is 0.0288. The van der Waals surface area contributed by atoms with Gasteiger partial charge >= 0.3 is 5.97 Å². The molecule has 3 fully saturated rings. The summed E-state index contributed by atoms with van der Waals surface area (Å²) in [5, 5.41) is 18.2. The lowest BCUT2D eigenvalue weighted by Gasteiger charge is -2.61. The molecular weight excluding hydrogens is 552 g/mol. The van der Waals surface area contributed by atoms with Crippen molar-refractivity contribution in [3.05, 3.63) is 88.1 Å². The van der Waals surface area contributed by atoms with Gasteiger partial charge in [-0.1, -0.05) is 12.1 Å². The number of hydrogen-bond donors (Lipinski definition) is 4. The van der Waals surface area contributed by atoms with Crippen molar-refractivity contribution in [2.45, 2.75) is 37.8 Å². The van der Waals surface area contributed by atoms with Gasteiger partial charge in [0.15, 0.2) is 5.69 Å². The summed E-state index contributed by atoms with van der Waals surface area (Å²) in [7, 11) is 0. The zero-order valence-corrected chi connectivity index (χ0v) is 23.4. The number of thiophene rings is 1. The first-order valence-electron chi connectivity index (χ1n) is 13.9. The van der Waals surface area contributed by atoms with E-state index in [0.29, 0.717) is 42.5 Å². The Balaban J connectivity index is 1.32. The lowest BCUT2D eigenvalue weighted by atomic mass is 9.50. The van der Waals surface area contributed by atoms with E-state index in [1.54, 1.807) is 41.7 Å². The third-order valence-corrected chi connectivity index (χ3v) is 9.46. The van der Waals surface area contributed by atoms with Crippen LogP contribution in [-0.4, -0.2) is 40.0 Å². The van der Waals surface area contributed by atoms with Crippen LogP contribution in [0.1, 0.15) is 61.7 Å². The number of fused-ring (bicyclic) bond motifs is 3. The SMILES string of the molecule is NCc1ccc(NC(=O)c2cc3c(cc2-c2ccc(C(=O)NC45CC(C4)C5)nc2C(=O)O)OCCc2ccsc2-3)cc1. The van der Waals surface area contributed by atoms with E-state index < -0.39 is 17.8 Å². The molecule has 5 N–H and O–H groups in total. The van der Waals surface area contributed by atoms with Gasteiger partial charge in [-0.2, -0.15) is 0 Å². The second-order valence-corrected chi connectivity index (χ2v) is 12.1. The van der Waals surface area contributed by atoms with Crippen molar-refractivity contribution < 1.29 is 24.2 Å². The molecule has 3 aliphatic carbocycles. The van der Waals surface area contributed by atoms with Gasteiger partial charge in [0.25, 0.3) is 11.8 Å². The van der Waals surface area contributed by atoms with Crippen LogP contribution in [0.3, 0.4) is 0 Å². The number of carbonyl (C=O) groups is 3. The number of aromatic nitrogens is 1. The van der Waals surface area contributed by atoms with E-state index in [1.807, 2.05) is 23.6 Å². The largest absolute Gasteiger partial charge is 0.493 e. The molecule has 42 heavy (non-hydrogen) atoms. The molecule has 1 aliphatic heterocycles. The van der Waals surface area contributed by atoms with Crippen molar-refractivity contribution in [1.82, 2.24) is 10.3 Å². The molecule has 4 aliphatic rings. The Kier molecular flexibility index (Phi) is 6.32. The summed E-state index contributed by atoms with van der Waals surface area (Å²) >= 11 is 1.56. The molecule has 0 radical (unpaired) electrons. The lowest BCUT2D eigenvalue weighted by molar-refractivity contribution is -0.0439. The van der Waals surface area contributed by atoms with E-state index in [4.69, 9.17) is 10.5 Å². The van der Waals surface area contributed by atoms with Gasteiger partial charge in [0.05, 0.1) is 6.61 Å². The Morgan fingerprint density at radius 3 is 2.48 bits per heavy atom. The number of benzene rings is 2. The molecular formula is C32H28N4O5S. The van der Waals surface area contributed by atoms with Crippen LogP contribution >= 0.6 is 11.3 Å². The Bertz CT molecular complexity index is 1750. The van der Waals surface area contributed by atoms with Gasteiger partial charge in [-0.05, 0) is 84.2 Å². The normalized spacial score (nSPS) is 19.6. The number of rotatable bonds is 7. The third-order valence-electron chi connectivity index (χ3n) is 8.47. The van der Waals surface area contributed by atoms with Crippen molar-refractivity contribution >= 4 is 34.8 Å². The van der Waals surface area contributed by atoms with E-state index in [1.165, 1.54) is 6.07 Å². The highest BCUT2D eigenvalue weighted by Crippen LogP contribution is 2.57. The predicted octanol–water partition coefficient (Wildman–Crippen LogP) is 5.10. The van der Waals surface area contributed by atoms with E-state index in [0.717, 1.165) is 40.8 Å². The Morgan fingerprint density at radius 1 is 1.00 bits per heavy atom. The molecule has 0 spiro atoms. The van der Waals surface area contributed by atoms with Crippen LogP contribution < -0.4 is 21.1 Å². The number of carboxylic acids is 1. The fourth-order valence-corrected chi connectivity index (χ4v) is 7.13. The number of nitrogens with zero attached hydrogens (tertiary/aromatic N) is 1. The number of hydrogen-bond acceptors (Lipinski definition) is 7. The minimum atomic E-state index is -1.30. The number of nitrogens with one attached hydrogen (secondary N) is 2. The van der Waals surface area contributed by atoms with Gasteiger partial charge in [0.1, 0.15) is 11.4 Å². The topological polar surface area (TPSA) is 144 Å². The number of aromatic carboxylic acids is 1. The lowest BCUT2D eigenvalue weighted by Crippen LogP contribution is -2.68. The number of amides is 2. The second-order valence-electron chi connectivity index (χ2n) is 11.2.